The first-order valence-electron chi connectivity index (χ1n) is 10.5. The van der Waals surface area contributed by atoms with Crippen molar-refractivity contribution in [3.05, 3.63) is 42.7 Å². The van der Waals surface area contributed by atoms with Crippen LogP contribution in [0.25, 0.3) is 21.5 Å². The topological polar surface area (TPSA) is 108 Å². The van der Waals surface area contributed by atoms with E-state index in [1.165, 1.54) is 23.4 Å². The zero-order valence-corrected chi connectivity index (χ0v) is 19.2. The van der Waals surface area contributed by atoms with Gasteiger partial charge in [0, 0.05) is 35.9 Å². The van der Waals surface area contributed by atoms with E-state index in [2.05, 4.69) is 37.3 Å². The van der Waals surface area contributed by atoms with Gasteiger partial charge in [0.25, 0.3) is 0 Å². The number of hydrogen-bond acceptors (Lipinski definition) is 10. The minimum Gasteiger partial charge on any atom is -0.493 e. The second kappa shape index (κ2) is 9.08. The summed E-state index contributed by atoms with van der Waals surface area (Å²) >= 11 is 1.44. The molecule has 3 N–H and O–H groups in total. The summed E-state index contributed by atoms with van der Waals surface area (Å²) in [7, 11) is 3.19. The van der Waals surface area contributed by atoms with Gasteiger partial charge >= 0.3 is 0 Å². The van der Waals surface area contributed by atoms with Crippen LogP contribution in [0.2, 0.25) is 0 Å². The predicted octanol–water partition coefficient (Wildman–Crippen LogP) is 3.93. The van der Waals surface area contributed by atoms with Crippen molar-refractivity contribution in [3.63, 3.8) is 0 Å². The smallest absolute Gasteiger partial charge is 0.189 e. The number of methoxy groups -OCH3 is 2. The van der Waals surface area contributed by atoms with Crippen LogP contribution in [0.1, 0.15) is 0 Å². The standard InChI is InChI=1S/C23H24N6O3S/c1-30-18-11-16-17(12-19(18)31-2)25-13-26-20(16)21-22(24)28-23(33-21)27-14-3-5-15(6-4-14)29-7-9-32-10-8-29/h3-6,11-13H,7-10,24H2,1-2H3,(H,27,28). The van der Waals surface area contributed by atoms with Crippen molar-refractivity contribution in [2.24, 2.45) is 0 Å². The van der Waals surface area contributed by atoms with Gasteiger partial charge in [-0.3, -0.25) is 0 Å². The molecule has 0 spiro atoms. The average molecular weight is 465 g/mol. The molecule has 2 aromatic heterocycles. The van der Waals surface area contributed by atoms with Crippen molar-refractivity contribution in [2.45, 2.75) is 0 Å². The molecule has 0 aliphatic carbocycles. The Kier molecular flexibility index (Phi) is 5.84. The maximum atomic E-state index is 6.29. The van der Waals surface area contributed by atoms with Crippen LogP contribution in [0.15, 0.2) is 42.7 Å². The largest absolute Gasteiger partial charge is 0.493 e. The fourth-order valence-corrected chi connectivity index (χ4v) is 4.74. The van der Waals surface area contributed by atoms with Crippen molar-refractivity contribution in [1.29, 1.82) is 0 Å². The fourth-order valence-electron chi connectivity index (χ4n) is 3.82. The molecule has 2 aromatic carbocycles. The Bertz CT molecular complexity index is 1270. The van der Waals surface area contributed by atoms with Crippen LogP contribution < -0.4 is 25.4 Å². The van der Waals surface area contributed by atoms with Gasteiger partial charge in [-0.1, -0.05) is 11.3 Å². The number of nitrogens with zero attached hydrogens (tertiary/aromatic N) is 4. The maximum Gasteiger partial charge on any atom is 0.189 e. The number of rotatable bonds is 6. The number of aromatic nitrogens is 3. The quantitative estimate of drug-likeness (QED) is 0.439. The number of nitrogens with two attached hydrogens (primary N) is 1. The zero-order chi connectivity index (χ0) is 22.8. The first-order chi connectivity index (χ1) is 16.2. The van der Waals surface area contributed by atoms with E-state index in [0.29, 0.717) is 28.1 Å². The van der Waals surface area contributed by atoms with E-state index in [9.17, 15) is 0 Å². The molecular formula is C23H24N6O3S. The minimum atomic E-state index is 0.405. The van der Waals surface area contributed by atoms with Gasteiger partial charge in [-0.25, -0.2) is 15.0 Å². The second-order valence-electron chi connectivity index (χ2n) is 7.45. The van der Waals surface area contributed by atoms with Crippen molar-refractivity contribution < 1.29 is 14.2 Å². The van der Waals surface area contributed by atoms with E-state index in [1.807, 2.05) is 24.3 Å². The van der Waals surface area contributed by atoms with Gasteiger partial charge in [0.1, 0.15) is 12.1 Å². The van der Waals surface area contributed by atoms with E-state index in [-0.39, 0.29) is 0 Å². The number of anilines is 4. The van der Waals surface area contributed by atoms with Gasteiger partial charge < -0.3 is 30.2 Å². The van der Waals surface area contributed by atoms with Crippen molar-refractivity contribution >= 4 is 44.6 Å². The molecule has 33 heavy (non-hydrogen) atoms. The fraction of sp³-hybridized carbons (Fsp3) is 0.261. The third kappa shape index (κ3) is 4.22. The third-order valence-electron chi connectivity index (χ3n) is 5.50. The Hall–Kier alpha value is -3.63. The molecule has 1 aliphatic heterocycles. The van der Waals surface area contributed by atoms with Crippen molar-refractivity contribution in [1.82, 2.24) is 15.0 Å². The van der Waals surface area contributed by atoms with Crippen molar-refractivity contribution in [3.8, 4) is 22.1 Å². The van der Waals surface area contributed by atoms with Gasteiger partial charge in [-0.05, 0) is 30.3 Å². The molecule has 1 saturated heterocycles. The lowest BCUT2D eigenvalue weighted by molar-refractivity contribution is 0.122. The SMILES string of the molecule is COc1cc2ncnc(-c3sc(Nc4ccc(N5CCOCC5)cc4)nc3N)c2cc1OC. The maximum absolute atomic E-state index is 6.29. The highest BCUT2D eigenvalue weighted by Gasteiger charge is 2.18. The summed E-state index contributed by atoms with van der Waals surface area (Å²) < 4.78 is 16.3. The summed E-state index contributed by atoms with van der Waals surface area (Å²) in [6, 6.07) is 12.0. The summed E-state index contributed by atoms with van der Waals surface area (Å²) in [5, 5.41) is 4.85. The van der Waals surface area contributed by atoms with Crippen LogP contribution in [0, 0.1) is 0 Å². The van der Waals surface area contributed by atoms with Gasteiger partial charge in [0.2, 0.25) is 0 Å². The Morgan fingerprint density at radius 2 is 1.76 bits per heavy atom. The lowest BCUT2D eigenvalue weighted by Crippen LogP contribution is -2.36. The normalized spacial score (nSPS) is 13.8. The first-order valence-corrected chi connectivity index (χ1v) is 11.3. The molecule has 5 rings (SSSR count). The van der Waals surface area contributed by atoms with Crippen LogP contribution in [0.4, 0.5) is 22.3 Å². The molecular weight excluding hydrogens is 440 g/mol. The number of ether oxygens (including phenoxy) is 3. The summed E-state index contributed by atoms with van der Waals surface area (Å²) in [6.45, 7) is 3.33. The molecule has 9 nitrogen and oxygen atoms in total. The second-order valence-corrected chi connectivity index (χ2v) is 8.45. The highest BCUT2D eigenvalue weighted by molar-refractivity contribution is 7.19. The van der Waals surface area contributed by atoms with Crippen LogP contribution in [0.3, 0.4) is 0 Å². The Morgan fingerprint density at radius 1 is 1.03 bits per heavy atom. The molecule has 0 saturated carbocycles. The van der Waals surface area contributed by atoms with Crippen LogP contribution in [-0.2, 0) is 4.74 Å². The van der Waals surface area contributed by atoms with Crippen molar-refractivity contribution in [2.75, 3.05) is 56.5 Å². The molecule has 0 unspecified atom stereocenters. The van der Waals surface area contributed by atoms with E-state index in [0.717, 1.165) is 47.8 Å². The third-order valence-corrected chi connectivity index (χ3v) is 6.50. The number of nitrogen functional groups attached to an aromatic ring is 1. The van der Waals surface area contributed by atoms with Gasteiger partial charge in [-0.15, -0.1) is 0 Å². The number of benzene rings is 2. The number of thiazole rings is 1. The summed E-state index contributed by atoms with van der Waals surface area (Å²) in [6.07, 6.45) is 1.51. The Balaban J connectivity index is 1.42. The number of hydrogen-bond donors (Lipinski definition) is 2. The van der Waals surface area contributed by atoms with Gasteiger partial charge in [0.15, 0.2) is 16.6 Å². The Morgan fingerprint density at radius 3 is 2.48 bits per heavy atom. The number of morpholine rings is 1. The first kappa shape index (κ1) is 21.2. The molecule has 1 fully saturated rings. The summed E-state index contributed by atoms with van der Waals surface area (Å²) in [5.74, 6) is 1.61. The minimum absolute atomic E-state index is 0.405. The van der Waals surface area contributed by atoms with Gasteiger partial charge in [-0.2, -0.15) is 0 Å². The molecule has 4 aromatic rings. The molecule has 1 aliphatic rings. The highest BCUT2D eigenvalue weighted by Crippen LogP contribution is 2.40. The van der Waals surface area contributed by atoms with E-state index >= 15 is 0 Å². The number of fused-ring (bicyclic) bond motifs is 1. The average Bonchev–Trinajstić information content (AvgIpc) is 3.23. The molecule has 170 valence electrons. The van der Waals surface area contributed by atoms with E-state index in [1.54, 1.807) is 14.2 Å². The highest BCUT2D eigenvalue weighted by atomic mass is 32.1. The monoisotopic (exact) mass is 464 g/mol. The van der Waals surface area contributed by atoms with Crippen LogP contribution >= 0.6 is 11.3 Å². The lowest BCUT2D eigenvalue weighted by atomic mass is 10.1. The van der Waals surface area contributed by atoms with E-state index in [4.69, 9.17) is 19.9 Å². The summed E-state index contributed by atoms with van der Waals surface area (Å²) in [5.41, 5.74) is 9.84. The summed E-state index contributed by atoms with van der Waals surface area (Å²) in [4.78, 5) is 16.5. The zero-order valence-electron chi connectivity index (χ0n) is 18.4. The molecule has 0 bridgehead atoms. The predicted molar refractivity (Wildman–Crippen MR) is 131 cm³/mol. The number of nitrogens with one attached hydrogen (secondary N) is 1. The van der Waals surface area contributed by atoms with Crippen LogP contribution in [0.5, 0.6) is 11.5 Å². The van der Waals surface area contributed by atoms with Gasteiger partial charge in [0.05, 0.1) is 43.5 Å². The van der Waals surface area contributed by atoms with Crippen LogP contribution in [-0.4, -0.2) is 55.5 Å². The molecule has 10 heteroatoms. The molecule has 0 atom stereocenters. The molecule has 0 amide bonds. The lowest BCUT2D eigenvalue weighted by Gasteiger charge is -2.28. The molecule has 3 heterocycles. The molecule has 0 radical (unpaired) electrons. The Labute approximate surface area is 195 Å². The van der Waals surface area contributed by atoms with E-state index < -0.39 is 0 Å².